The van der Waals surface area contributed by atoms with Crippen molar-refractivity contribution in [3.8, 4) is 0 Å². The van der Waals surface area contributed by atoms with Crippen LogP contribution in [0.3, 0.4) is 0 Å². The lowest BCUT2D eigenvalue weighted by Crippen LogP contribution is -2.47. The van der Waals surface area contributed by atoms with Crippen LogP contribution < -0.4 is 0 Å². The lowest BCUT2D eigenvalue weighted by atomic mass is 9.83. The molecule has 0 saturated carbocycles. The minimum atomic E-state index is 0.173. The number of rotatable bonds is 5. The summed E-state index contributed by atoms with van der Waals surface area (Å²) in [5, 5.41) is 0. The minimum Gasteiger partial charge on any atom is -0.499 e. The molecule has 0 amide bonds. The molecule has 1 fully saturated rings. The Morgan fingerprint density at radius 2 is 2.19 bits per heavy atom. The van der Waals surface area contributed by atoms with Gasteiger partial charge in [0.05, 0.1) is 13.2 Å². The molecule has 1 saturated heterocycles. The fourth-order valence-electron chi connectivity index (χ4n) is 3.18. The van der Waals surface area contributed by atoms with Crippen LogP contribution in [0.2, 0.25) is 0 Å². The maximum atomic E-state index is 12.4. The van der Waals surface area contributed by atoms with E-state index in [1.165, 1.54) is 0 Å². The number of carbonyl (C=O) groups excluding carboxylic acids is 1. The van der Waals surface area contributed by atoms with Crippen LogP contribution in [0.15, 0.2) is 24.5 Å². The summed E-state index contributed by atoms with van der Waals surface area (Å²) in [6, 6.07) is 0.470. The smallest absolute Gasteiger partial charge is 0.137 e. The maximum Gasteiger partial charge on any atom is 0.137 e. The second-order valence-electron chi connectivity index (χ2n) is 6.21. The lowest BCUT2D eigenvalue weighted by Gasteiger charge is -2.40. The Kier molecular flexibility index (Phi) is 7.16. The molecule has 0 aliphatic carbocycles. The number of Topliss-reactive ketones (excluding diaryl/α,β-unsaturated/α-hetero) is 1. The molecule has 0 spiro atoms. The van der Waals surface area contributed by atoms with E-state index in [-0.39, 0.29) is 12.0 Å². The van der Waals surface area contributed by atoms with E-state index in [1.807, 2.05) is 6.08 Å². The van der Waals surface area contributed by atoms with Crippen LogP contribution in [0.25, 0.3) is 0 Å². The third-order valence-electron chi connectivity index (χ3n) is 5.01. The second kappa shape index (κ2) is 8.38. The summed E-state index contributed by atoms with van der Waals surface area (Å²) in [6.07, 6.45) is 6.37. The molecule has 4 atom stereocenters. The van der Waals surface area contributed by atoms with Gasteiger partial charge in [-0.25, -0.2) is 0 Å². The molecule has 3 heteroatoms. The summed E-state index contributed by atoms with van der Waals surface area (Å²) in [6.45, 7) is 13.4. The molecule has 21 heavy (non-hydrogen) atoms. The number of nitrogens with zero attached hydrogens (tertiary/aromatic N) is 1. The number of methoxy groups -OCH3 is 1. The highest BCUT2D eigenvalue weighted by Crippen LogP contribution is 2.28. The number of carbonyl (C=O) groups is 1. The maximum absolute atomic E-state index is 12.4. The topological polar surface area (TPSA) is 29.5 Å². The third kappa shape index (κ3) is 4.44. The van der Waals surface area contributed by atoms with Crippen molar-refractivity contribution in [2.45, 2.75) is 59.0 Å². The van der Waals surface area contributed by atoms with Gasteiger partial charge >= 0.3 is 0 Å². The van der Waals surface area contributed by atoms with E-state index in [0.717, 1.165) is 25.1 Å². The normalized spacial score (nSPS) is 30.4. The predicted molar refractivity (Wildman–Crippen MR) is 88.1 cm³/mol. The highest BCUT2D eigenvalue weighted by atomic mass is 16.5. The molecule has 1 unspecified atom stereocenters. The fraction of sp³-hybridized carbons (Fsp3) is 0.722. The highest BCUT2D eigenvalue weighted by Gasteiger charge is 2.32. The summed E-state index contributed by atoms with van der Waals surface area (Å²) in [4.78, 5) is 14.8. The molecule has 1 heterocycles. The van der Waals surface area contributed by atoms with Crippen molar-refractivity contribution < 1.29 is 9.53 Å². The van der Waals surface area contributed by atoms with Crippen molar-refractivity contribution in [3.63, 3.8) is 0 Å². The number of ether oxygens (including phenoxy) is 1. The van der Waals surface area contributed by atoms with Gasteiger partial charge in [0.1, 0.15) is 11.5 Å². The van der Waals surface area contributed by atoms with Crippen molar-refractivity contribution in [1.82, 2.24) is 4.90 Å². The Balaban J connectivity index is 2.98. The molecule has 1 rings (SSSR count). The molecule has 0 N–H and O–H groups in total. The Morgan fingerprint density at radius 1 is 1.52 bits per heavy atom. The van der Waals surface area contributed by atoms with Crippen LogP contribution >= 0.6 is 0 Å². The zero-order valence-electron chi connectivity index (χ0n) is 14.3. The fourth-order valence-corrected chi connectivity index (χ4v) is 3.18. The van der Waals surface area contributed by atoms with E-state index < -0.39 is 0 Å². The van der Waals surface area contributed by atoms with Gasteiger partial charge in [-0.3, -0.25) is 9.69 Å². The molecule has 0 radical (unpaired) electrons. The number of hydrogen-bond acceptors (Lipinski definition) is 3. The van der Waals surface area contributed by atoms with E-state index in [9.17, 15) is 4.79 Å². The SMILES string of the molecule is C=C/C=C(/OC)C(C)N1CC[C@H](C)[C@H](C)C(=O)C[C@@H]1CC. The van der Waals surface area contributed by atoms with E-state index in [2.05, 4.69) is 39.2 Å². The zero-order chi connectivity index (χ0) is 16.0. The third-order valence-corrected chi connectivity index (χ3v) is 5.01. The van der Waals surface area contributed by atoms with Gasteiger partial charge in [-0.1, -0.05) is 33.4 Å². The Labute approximate surface area is 130 Å². The standard InChI is InChI=1S/C18H31NO2/c1-7-9-18(21-6)15(5)19-11-10-13(3)14(4)17(20)12-16(19)8-2/h7,9,13-16H,1,8,10-12H2,2-6H3/b18-9+/t13-,14-,15?,16-/m0/s1. The van der Waals surface area contributed by atoms with Gasteiger partial charge in [0.25, 0.3) is 0 Å². The van der Waals surface area contributed by atoms with Crippen molar-refractivity contribution in [3.05, 3.63) is 24.5 Å². The summed E-state index contributed by atoms with van der Waals surface area (Å²) in [5.74, 6) is 1.94. The summed E-state index contributed by atoms with van der Waals surface area (Å²) in [5.41, 5.74) is 0. The monoisotopic (exact) mass is 293 g/mol. The van der Waals surface area contributed by atoms with Gasteiger partial charge < -0.3 is 4.74 Å². The molecule has 3 nitrogen and oxygen atoms in total. The van der Waals surface area contributed by atoms with Gasteiger partial charge in [0.15, 0.2) is 0 Å². The molecular formula is C18H31NO2. The van der Waals surface area contributed by atoms with Crippen molar-refractivity contribution in [2.24, 2.45) is 11.8 Å². The average Bonchev–Trinajstić information content (AvgIpc) is 2.48. The van der Waals surface area contributed by atoms with E-state index in [1.54, 1.807) is 13.2 Å². The van der Waals surface area contributed by atoms with Crippen LogP contribution in [-0.4, -0.2) is 36.4 Å². The molecule has 1 aliphatic heterocycles. The highest BCUT2D eigenvalue weighted by molar-refractivity contribution is 5.81. The largest absolute Gasteiger partial charge is 0.499 e. The van der Waals surface area contributed by atoms with Gasteiger partial charge in [0.2, 0.25) is 0 Å². The lowest BCUT2D eigenvalue weighted by molar-refractivity contribution is -0.126. The zero-order valence-corrected chi connectivity index (χ0v) is 14.3. The minimum absolute atomic E-state index is 0.173. The Hall–Kier alpha value is -1.09. The van der Waals surface area contributed by atoms with Crippen LogP contribution in [0.5, 0.6) is 0 Å². The number of ketones is 1. The van der Waals surface area contributed by atoms with Crippen LogP contribution in [0.4, 0.5) is 0 Å². The first-order chi connectivity index (χ1) is 9.96. The van der Waals surface area contributed by atoms with Gasteiger partial charge in [-0.2, -0.15) is 0 Å². The molecule has 0 aromatic carbocycles. The number of allylic oxidation sites excluding steroid dienone is 2. The molecule has 0 aromatic rings. The second-order valence-corrected chi connectivity index (χ2v) is 6.21. The summed E-state index contributed by atoms with van der Waals surface area (Å²) in [7, 11) is 1.70. The van der Waals surface area contributed by atoms with Crippen molar-refractivity contribution >= 4 is 5.78 Å². The quantitative estimate of drug-likeness (QED) is 0.570. The summed E-state index contributed by atoms with van der Waals surface area (Å²) >= 11 is 0. The number of hydrogen-bond donors (Lipinski definition) is 0. The van der Waals surface area contributed by atoms with Crippen molar-refractivity contribution in [2.75, 3.05) is 13.7 Å². The van der Waals surface area contributed by atoms with Crippen LogP contribution in [-0.2, 0) is 9.53 Å². The molecule has 1 aliphatic rings. The van der Waals surface area contributed by atoms with Gasteiger partial charge in [0, 0.05) is 18.4 Å². The first-order valence-electron chi connectivity index (χ1n) is 8.11. The summed E-state index contributed by atoms with van der Waals surface area (Å²) < 4.78 is 5.51. The van der Waals surface area contributed by atoms with Crippen molar-refractivity contribution in [1.29, 1.82) is 0 Å². The van der Waals surface area contributed by atoms with Gasteiger partial charge in [-0.05, 0) is 38.3 Å². The molecule has 0 aromatic heterocycles. The average molecular weight is 293 g/mol. The van der Waals surface area contributed by atoms with E-state index in [0.29, 0.717) is 24.2 Å². The predicted octanol–water partition coefficient (Wildman–Crippen LogP) is 3.81. The van der Waals surface area contributed by atoms with E-state index in [4.69, 9.17) is 4.74 Å². The van der Waals surface area contributed by atoms with Crippen LogP contribution in [0.1, 0.15) is 47.0 Å². The first-order valence-corrected chi connectivity index (χ1v) is 8.11. The number of likely N-dealkylation sites (tertiary alicyclic amines) is 1. The van der Waals surface area contributed by atoms with Crippen LogP contribution in [0, 0.1) is 11.8 Å². The Morgan fingerprint density at radius 3 is 2.71 bits per heavy atom. The molecule has 0 bridgehead atoms. The van der Waals surface area contributed by atoms with Gasteiger partial charge in [-0.15, -0.1) is 0 Å². The Bertz CT molecular complexity index is 389. The first kappa shape index (κ1) is 18.0. The molecule has 120 valence electrons. The molecular weight excluding hydrogens is 262 g/mol. The van der Waals surface area contributed by atoms with E-state index >= 15 is 0 Å².